The van der Waals surface area contributed by atoms with Gasteiger partial charge >= 0.3 is 0 Å². The Kier molecular flexibility index (Phi) is 3.50. The molecule has 0 amide bonds. The highest BCUT2D eigenvalue weighted by atomic mass is 79.9. The van der Waals surface area contributed by atoms with Crippen molar-refractivity contribution in [2.75, 3.05) is 11.9 Å². The van der Waals surface area contributed by atoms with Crippen molar-refractivity contribution in [3.05, 3.63) is 28.5 Å². The molecular weight excluding hydrogens is 249 g/mol. The number of hydrogen-bond donors (Lipinski definition) is 2. The fourth-order valence-electron chi connectivity index (χ4n) is 0.944. The molecule has 1 aromatic carbocycles. The van der Waals surface area contributed by atoms with Crippen molar-refractivity contribution in [2.24, 2.45) is 0 Å². The third-order valence-electron chi connectivity index (χ3n) is 1.64. The third kappa shape index (κ3) is 3.64. The van der Waals surface area contributed by atoms with Gasteiger partial charge in [-0.05, 0) is 32.0 Å². The van der Waals surface area contributed by atoms with Gasteiger partial charge in [0.15, 0.2) is 0 Å². The SMILES string of the molecule is CC(C)(O)CNc1cc(Br)ccc1F. The number of aliphatic hydroxyl groups is 1. The lowest BCUT2D eigenvalue weighted by atomic mass is 10.1. The zero-order valence-electron chi connectivity index (χ0n) is 8.14. The molecule has 1 rings (SSSR count). The Bertz CT molecular complexity index is 322. The highest BCUT2D eigenvalue weighted by Gasteiger charge is 2.12. The molecule has 78 valence electrons. The van der Waals surface area contributed by atoms with E-state index in [2.05, 4.69) is 21.2 Å². The summed E-state index contributed by atoms with van der Waals surface area (Å²) in [6, 6.07) is 4.64. The lowest BCUT2D eigenvalue weighted by Crippen LogP contribution is -2.29. The minimum Gasteiger partial charge on any atom is -0.389 e. The largest absolute Gasteiger partial charge is 0.389 e. The smallest absolute Gasteiger partial charge is 0.146 e. The van der Waals surface area contributed by atoms with E-state index < -0.39 is 5.60 Å². The third-order valence-corrected chi connectivity index (χ3v) is 2.13. The van der Waals surface area contributed by atoms with Crippen molar-refractivity contribution >= 4 is 21.6 Å². The van der Waals surface area contributed by atoms with Crippen LogP contribution in [0.15, 0.2) is 22.7 Å². The van der Waals surface area contributed by atoms with Crippen LogP contribution < -0.4 is 5.32 Å². The molecule has 1 aromatic rings. The molecule has 0 heterocycles. The Morgan fingerprint density at radius 2 is 2.14 bits per heavy atom. The van der Waals surface area contributed by atoms with Gasteiger partial charge in [0.1, 0.15) is 5.82 Å². The van der Waals surface area contributed by atoms with E-state index in [-0.39, 0.29) is 5.82 Å². The van der Waals surface area contributed by atoms with Crippen LogP contribution >= 0.6 is 15.9 Å². The predicted molar refractivity (Wildman–Crippen MR) is 58.9 cm³/mol. The summed E-state index contributed by atoms with van der Waals surface area (Å²) in [4.78, 5) is 0. The zero-order chi connectivity index (χ0) is 10.8. The normalized spacial score (nSPS) is 11.5. The van der Waals surface area contributed by atoms with E-state index in [0.717, 1.165) is 4.47 Å². The monoisotopic (exact) mass is 261 g/mol. The van der Waals surface area contributed by atoms with Crippen LogP contribution in [0.4, 0.5) is 10.1 Å². The summed E-state index contributed by atoms with van der Waals surface area (Å²) in [5.41, 5.74) is -0.462. The standard InChI is InChI=1S/C10H13BrFNO/c1-10(2,14)6-13-9-5-7(11)3-4-8(9)12/h3-5,13-14H,6H2,1-2H3. The molecule has 0 aliphatic rings. The molecule has 0 saturated heterocycles. The number of nitrogens with one attached hydrogen (secondary N) is 1. The van der Waals surface area contributed by atoms with Crippen molar-refractivity contribution in [1.82, 2.24) is 0 Å². The first-order valence-electron chi connectivity index (χ1n) is 4.30. The van der Waals surface area contributed by atoms with Crippen LogP contribution in [-0.2, 0) is 0 Å². The van der Waals surface area contributed by atoms with E-state index in [9.17, 15) is 9.50 Å². The molecule has 2 nitrogen and oxygen atoms in total. The average molecular weight is 262 g/mol. The van der Waals surface area contributed by atoms with Gasteiger partial charge in [-0.15, -0.1) is 0 Å². The first-order chi connectivity index (χ1) is 6.38. The maximum absolute atomic E-state index is 13.2. The summed E-state index contributed by atoms with van der Waals surface area (Å²) in [5.74, 6) is -0.322. The van der Waals surface area contributed by atoms with Crippen LogP contribution in [0.3, 0.4) is 0 Å². The number of halogens is 2. The van der Waals surface area contributed by atoms with Crippen molar-refractivity contribution in [3.63, 3.8) is 0 Å². The van der Waals surface area contributed by atoms with E-state index in [1.807, 2.05) is 0 Å². The highest BCUT2D eigenvalue weighted by Crippen LogP contribution is 2.20. The molecule has 0 bridgehead atoms. The summed E-state index contributed by atoms with van der Waals surface area (Å²) < 4.78 is 14.0. The Balaban J connectivity index is 2.72. The van der Waals surface area contributed by atoms with Crippen LogP contribution in [0.1, 0.15) is 13.8 Å². The number of anilines is 1. The van der Waals surface area contributed by atoms with Gasteiger partial charge in [-0.1, -0.05) is 15.9 Å². The summed E-state index contributed by atoms with van der Waals surface area (Å²) in [6.45, 7) is 3.63. The lowest BCUT2D eigenvalue weighted by Gasteiger charge is -2.18. The summed E-state index contributed by atoms with van der Waals surface area (Å²) >= 11 is 3.25. The molecule has 2 N–H and O–H groups in total. The second-order valence-corrected chi connectivity index (χ2v) is 4.71. The summed E-state index contributed by atoms with van der Waals surface area (Å²) in [7, 11) is 0. The number of hydrogen-bond acceptors (Lipinski definition) is 2. The summed E-state index contributed by atoms with van der Waals surface area (Å²) in [5, 5.41) is 12.3. The van der Waals surface area contributed by atoms with Crippen LogP contribution in [0.25, 0.3) is 0 Å². The molecule has 0 atom stereocenters. The average Bonchev–Trinajstić information content (AvgIpc) is 2.05. The van der Waals surface area contributed by atoms with Crippen molar-refractivity contribution in [3.8, 4) is 0 Å². The Hall–Kier alpha value is -0.610. The molecule has 0 aliphatic heterocycles. The van der Waals surface area contributed by atoms with E-state index in [1.165, 1.54) is 6.07 Å². The fourth-order valence-corrected chi connectivity index (χ4v) is 1.31. The second kappa shape index (κ2) is 4.28. The maximum Gasteiger partial charge on any atom is 0.146 e. The zero-order valence-corrected chi connectivity index (χ0v) is 9.73. The quantitative estimate of drug-likeness (QED) is 0.877. The molecule has 0 aromatic heterocycles. The Labute approximate surface area is 91.3 Å². The Morgan fingerprint density at radius 1 is 1.50 bits per heavy atom. The molecule has 0 unspecified atom stereocenters. The van der Waals surface area contributed by atoms with Gasteiger partial charge in [0.2, 0.25) is 0 Å². The predicted octanol–water partition coefficient (Wildman–Crippen LogP) is 2.77. The van der Waals surface area contributed by atoms with Gasteiger partial charge in [-0.25, -0.2) is 4.39 Å². The second-order valence-electron chi connectivity index (χ2n) is 3.79. The molecule has 0 saturated carbocycles. The van der Waals surface area contributed by atoms with Gasteiger partial charge in [-0.2, -0.15) is 0 Å². The molecule has 0 fully saturated rings. The molecular formula is C10H13BrFNO. The Morgan fingerprint density at radius 3 is 2.71 bits per heavy atom. The van der Waals surface area contributed by atoms with Crippen molar-refractivity contribution in [2.45, 2.75) is 19.4 Å². The van der Waals surface area contributed by atoms with Gasteiger partial charge in [0.25, 0.3) is 0 Å². The molecule has 4 heteroatoms. The number of benzene rings is 1. The highest BCUT2D eigenvalue weighted by molar-refractivity contribution is 9.10. The van der Waals surface area contributed by atoms with Gasteiger partial charge in [0, 0.05) is 11.0 Å². The van der Waals surface area contributed by atoms with Crippen molar-refractivity contribution < 1.29 is 9.50 Å². The van der Waals surface area contributed by atoms with Crippen LogP contribution in [0.2, 0.25) is 0 Å². The molecule has 0 radical (unpaired) electrons. The van der Waals surface area contributed by atoms with Crippen molar-refractivity contribution in [1.29, 1.82) is 0 Å². The topological polar surface area (TPSA) is 32.3 Å². The van der Waals surface area contributed by atoms with E-state index in [4.69, 9.17) is 0 Å². The maximum atomic E-state index is 13.2. The van der Waals surface area contributed by atoms with Gasteiger partial charge in [-0.3, -0.25) is 0 Å². The number of rotatable bonds is 3. The minimum absolute atomic E-state index is 0.306. The van der Waals surface area contributed by atoms with E-state index >= 15 is 0 Å². The van der Waals surface area contributed by atoms with E-state index in [1.54, 1.807) is 26.0 Å². The molecule has 14 heavy (non-hydrogen) atoms. The lowest BCUT2D eigenvalue weighted by molar-refractivity contribution is 0.0944. The molecule has 0 spiro atoms. The van der Waals surface area contributed by atoms with Gasteiger partial charge < -0.3 is 10.4 Å². The minimum atomic E-state index is -0.852. The molecule has 0 aliphatic carbocycles. The van der Waals surface area contributed by atoms with Gasteiger partial charge in [0.05, 0.1) is 11.3 Å². The van der Waals surface area contributed by atoms with E-state index in [0.29, 0.717) is 12.2 Å². The van der Waals surface area contributed by atoms with Crippen LogP contribution in [0, 0.1) is 5.82 Å². The fraction of sp³-hybridized carbons (Fsp3) is 0.400. The van der Waals surface area contributed by atoms with Crippen LogP contribution in [0.5, 0.6) is 0 Å². The first kappa shape index (κ1) is 11.5. The summed E-state index contributed by atoms with van der Waals surface area (Å²) in [6.07, 6.45) is 0. The van der Waals surface area contributed by atoms with Crippen LogP contribution in [-0.4, -0.2) is 17.3 Å². The first-order valence-corrected chi connectivity index (χ1v) is 5.09.